The first-order valence-corrected chi connectivity index (χ1v) is 9.76. The van der Waals surface area contributed by atoms with Crippen molar-refractivity contribution in [3.8, 4) is 11.9 Å². The number of imide groups is 1. The number of aryl methyl sites for hydroxylation is 1. The van der Waals surface area contributed by atoms with Crippen LogP contribution >= 0.6 is 0 Å². The van der Waals surface area contributed by atoms with Crippen LogP contribution in [0.5, 0.6) is 5.88 Å². The maximum atomic E-state index is 12.7. The van der Waals surface area contributed by atoms with E-state index in [9.17, 15) is 19.5 Å². The van der Waals surface area contributed by atoms with E-state index in [-0.39, 0.29) is 35.4 Å². The molecule has 158 valence electrons. The van der Waals surface area contributed by atoms with Crippen LogP contribution in [0.2, 0.25) is 0 Å². The van der Waals surface area contributed by atoms with Gasteiger partial charge in [-0.1, -0.05) is 18.2 Å². The number of benzene rings is 2. The first kappa shape index (κ1) is 20.8. The first-order chi connectivity index (χ1) is 15.3. The lowest BCUT2D eigenvalue weighted by molar-refractivity contribution is 0.0642. The summed E-state index contributed by atoms with van der Waals surface area (Å²) in [7, 11) is 0. The molecule has 0 saturated carbocycles. The van der Waals surface area contributed by atoms with Crippen molar-refractivity contribution >= 4 is 23.7 Å². The molecule has 2 amide bonds. The topological polar surface area (TPSA) is 127 Å². The van der Waals surface area contributed by atoms with Crippen LogP contribution in [0.1, 0.15) is 48.5 Å². The maximum absolute atomic E-state index is 12.7. The number of carbonyl (C=O) groups excluding carboxylic acids is 2. The van der Waals surface area contributed by atoms with Crippen LogP contribution in [0.3, 0.4) is 0 Å². The van der Waals surface area contributed by atoms with E-state index >= 15 is 0 Å². The van der Waals surface area contributed by atoms with Gasteiger partial charge in [0.05, 0.1) is 28.9 Å². The number of aromatic nitrogens is 1. The number of nitrogens with zero attached hydrogens (tertiary/aromatic N) is 3. The van der Waals surface area contributed by atoms with Gasteiger partial charge in [0.15, 0.2) is 0 Å². The highest BCUT2D eigenvalue weighted by Crippen LogP contribution is 2.27. The average molecular weight is 426 g/mol. The molecule has 2 heterocycles. The molecule has 0 bridgehead atoms. The predicted octanol–water partition coefficient (Wildman–Crippen LogP) is 3.12. The normalized spacial score (nSPS) is 13.0. The zero-order chi connectivity index (χ0) is 23.0. The Kier molecular flexibility index (Phi) is 5.16. The monoisotopic (exact) mass is 426 g/mol. The molecule has 2 N–H and O–H groups in total. The molecule has 32 heavy (non-hydrogen) atoms. The third-order valence-electron chi connectivity index (χ3n) is 5.49. The van der Waals surface area contributed by atoms with Crippen molar-refractivity contribution in [1.82, 2.24) is 9.88 Å². The lowest BCUT2D eigenvalue weighted by atomic mass is 10.1. The van der Waals surface area contributed by atoms with E-state index in [0.717, 1.165) is 11.1 Å². The molecule has 0 atom stereocenters. The van der Waals surface area contributed by atoms with E-state index in [2.05, 4.69) is 9.98 Å². The van der Waals surface area contributed by atoms with Gasteiger partial charge in [0.25, 0.3) is 17.4 Å². The van der Waals surface area contributed by atoms with E-state index in [0.29, 0.717) is 22.4 Å². The summed E-state index contributed by atoms with van der Waals surface area (Å²) in [5, 5.41) is 19.2. The molecule has 1 aliphatic rings. The fraction of sp³-hybridized carbons (Fsp3) is 0.125. The number of nitriles is 1. The largest absolute Gasteiger partial charge is 0.494 e. The van der Waals surface area contributed by atoms with Gasteiger partial charge in [-0.05, 0) is 54.8 Å². The highest BCUT2D eigenvalue weighted by atomic mass is 16.3. The van der Waals surface area contributed by atoms with Gasteiger partial charge in [-0.3, -0.25) is 29.3 Å². The summed E-state index contributed by atoms with van der Waals surface area (Å²) in [6, 6.07) is 13.9. The summed E-state index contributed by atoms with van der Waals surface area (Å²) in [5.41, 5.74) is 2.70. The molecule has 1 aliphatic heterocycles. The number of aromatic amines is 1. The van der Waals surface area contributed by atoms with Crippen LogP contribution in [-0.4, -0.2) is 33.0 Å². The van der Waals surface area contributed by atoms with Crippen molar-refractivity contribution in [2.75, 3.05) is 0 Å². The summed E-state index contributed by atoms with van der Waals surface area (Å²) < 4.78 is 0. The van der Waals surface area contributed by atoms with Crippen LogP contribution in [0.15, 0.2) is 52.3 Å². The van der Waals surface area contributed by atoms with E-state index < -0.39 is 5.56 Å². The molecular weight excluding hydrogens is 408 g/mol. The molecule has 0 spiro atoms. The highest BCUT2D eigenvalue weighted by Gasteiger charge is 2.35. The van der Waals surface area contributed by atoms with Gasteiger partial charge in [-0.25, -0.2) is 0 Å². The number of rotatable bonds is 4. The Balaban J connectivity index is 1.64. The number of nitrogens with one attached hydrogen (secondary N) is 1. The second-order valence-corrected chi connectivity index (χ2v) is 7.44. The second-order valence-electron chi connectivity index (χ2n) is 7.44. The van der Waals surface area contributed by atoms with Gasteiger partial charge in [0, 0.05) is 6.21 Å². The number of hydrogen-bond acceptors (Lipinski definition) is 6. The number of pyridine rings is 1. The van der Waals surface area contributed by atoms with Gasteiger partial charge >= 0.3 is 0 Å². The quantitative estimate of drug-likeness (QED) is 0.490. The number of fused-ring (bicyclic) bond motifs is 1. The van der Waals surface area contributed by atoms with Crippen molar-refractivity contribution in [2.45, 2.75) is 20.4 Å². The number of hydrogen-bond donors (Lipinski definition) is 2. The summed E-state index contributed by atoms with van der Waals surface area (Å²) in [4.78, 5) is 44.9. The van der Waals surface area contributed by atoms with Gasteiger partial charge < -0.3 is 5.11 Å². The van der Waals surface area contributed by atoms with Crippen molar-refractivity contribution in [2.24, 2.45) is 4.99 Å². The Morgan fingerprint density at radius 3 is 2.38 bits per heavy atom. The SMILES string of the molecule is Cc1ccc(N=Cc2c(O)[nH]c(=O)c(C#N)c2C)cc1CN1C(=O)c2ccccc2C1=O. The molecule has 0 fully saturated rings. The molecule has 3 aromatic rings. The molecule has 1 aromatic heterocycles. The van der Waals surface area contributed by atoms with Gasteiger partial charge in [-0.15, -0.1) is 0 Å². The molecule has 0 saturated heterocycles. The minimum Gasteiger partial charge on any atom is -0.494 e. The van der Waals surface area contributed by atoms with E-state index in [1.54, 1.807) is 43.3 Å². The Morgan fingerprint density at radius 2 is 1.75 bits per heavy atom. The molecule has 0 radical (unpaired) electrons. The smallest absolute Gasteiger partial charge is 0.268 e. The van der Waals surface area contributed by atoms with Gasteiger partial charge in [0.2, 0.25) is 5.88 Å². The lowest BCUT2D eigenvalue weighted by Gasteiger charge is -2.16. The summed E-state index contributed by atoms with van der Waals surface area (Å²) in [6.45, 7) is 3.53. The molecule has 8 nitrogen and oxygen atoms in total. The maximum Gasteiger partial charge on any atom is 0.268 e. The van der Waals surface area contributed by atoms with Crippen LogP contribution in [0, 0.1) is 25.2 Å². The van der Waals surface area contributed by atoms with Crippen molar-refractivity contribution in [3.05, 3.63) is 91.8 Å². The molecule has 0 unspecified atom stereocenters. The second kappa shape index (κ2) is 7.96. The Hall–Kier alpha value is -4.51. The van der Waals surface area contributed by atoms with Crippen molar-refractivity contribution in [1.29, 1.82) is 5.26 Å². The van der Waals surface area contributed by atoms with Crippen molar-refractivity contribution < 1.29 is 14.7 Å². The highest BCUT2D eigenvalue weighted by molar-refractivity contribution is 6.21. The van der Waals surface area contributed by atoms with E-state index in [4.69, 9.17) is 5.26 Å². The third kappa shape index (κ3) is 3.46. The van der Waals surface area contributed by atoms with E-state index in [1.165, 1.54) is 11.1 Å². The molecule has 8 heteroatoms. The third-order valence-corrected chi connectivity index (χ3v) is 5.49. The van der Waals surface area contributed by atoms with Crippen LogP contribution in [0.25, 0.3) is 0 Å². The molecular formula is C24H18N4O4. The zero-order valence-corrected chi connectivity index (χ0v) is 17.3. The van der Waals surface area contributed by atoms with Gasteiger partial charge in [-0.2, -0.15) is 5.26 Å². The molecule has 4 rings (SSSR count). The number of aliphatic imine (C=N–C) groups is 1. The van der Waals surface area contributed by atoms with Crippen LogP contribution < -0.4 is 5.56 Å². The van der Waals surface area contributed by atoms with Crippen LogP contribution in [0.4, 0.5) is 5.69 Å². The standard InChI is InChI=1S/C24H18N4O4/c1-13-7-8-16(26-11-20-14(2)19(10-25)21(29)27-22(20)30)9-15(13)12-28-23(31)17-5-3-4-6-18(17)24(28)32/h3-9,11H,12H2,1-2H3,(H2,27,29,30). The van der Waals surface area contributed by atoms with Crippen LogP contribution in [-0.2, 0) is 6.54 Å². The number of amides is 2. The Morgan fingerprint density at radius 1 is 1.09 bits per heavy atom. The predicted molar refractivity (Wildman–Crippen MR) is 117 cm³/mol. The molecule has 0 aliphatic carbocycles. The number of carbonyl (C=O) groups is 2. The van der Waals surface area contributed by atoms with Gasteiger partial charge in [0.1, 0.15) is 11.6 Å². The number of aromatic hydroxyl groups is 1. The molecule has 2 aromatic carbocycles. The van der Waals surface area contributed by atoms with E-state index in [1.807, 2.05) is 19.1 Å². The zero-order valence-electron chi connectivity index (χ0n) is 17.3. The van der Waals surface area contributed by atoms with Crippen molar-refractivity contribution in [3.63, 3.8) is 0 Å². The fourth-order valence-corrected chi connectivity index (χ4v) is 3.61. The Labute approximate surface area is 183 Å². The first-order valence-electron chi connectivity index (χ1n) is 9.76. The summed E-state index contributed by atoms with van der Waals surface area (Å²) in [6.07, 6.45) is 1.36. The minimum absolute atomic E-state index is 0.0977. The Bertz CT molecular complexity index is 1380. The number of H-pyrrole nitrogens is 1. The lowest BCUT2D eigenvalue weighted by Crippen LogP contribution is -2.29. The fourth-order valence-electron chi connectivity index (χ4n) is 3.61. The summed E-state index contributed by atoms with van der Waals surface area (Å²) >= 11 is 0. The summed E-state index contributed by atoms with van der Waals surface area (Å²) in [5.74, 6) is -1.05. The average Bonchev–Trinajstić information content (AvgIpc) is 3.01. The minimum atomic E-state index is -0.668.